The van der Waals surface area contributed by atoms with Crippen LogP contribution in [-0.2, 0) is 26.2 Å². The van der Waals surface area contributed by atoms with Gasteiger partial charge in [-0.15, -0.1) is 0 Å². The van der Waals surface area contributed by atoms with Crippen molar-refractivity contribution in [3.8, 4) is 11.5 Å². The van der Waals surface area contributed by atoms with Crippen LogP contribution in [-0.4, -0.2) is 58.0 Å². The van der Waals surface area contributed by atoms with E-state index in [9.17, 15) is 0 Å². The molecule has 2 saturated heterocycles. The molecule has 0 amide bonds. The smallest absolute Gasteiger partial charge is 0.334 e. The number of benzene rings is 3. The van der Waals surface area contributed by atoms with E-state index in [1.54, 1.807) is 0 Å². The van der Waals surface area contributed by atoms with Crippen molar-refractivity contribution in [2.24, 2.45) is 18.1 Å². The normalized spacial score (nSPS) is 33.8. The Morgan fingerprint density at radius 3 is 1.57 bits per heavy atom. The second-order valence-corrected chi connectivity index (χ2v) is 22.7. The van der Waals surface area contributed by atoms with Crippen LogP contribution in [0.3, 0.4) is 0 Å². The zero-order valence-electron chi connectivity index (χ0n) is 26.2. The molecule has 4 unspecified atom stereocenters. The van der Waals surface area contributed by atoms with Crippen molar-refractivity contribution in [3.05, 3.63) is 95.1 Å². The first-order valence-electron chi connectivity index (χ1n) is 16.2. The zero-order chi connectivity index (χ0) is 31.0. The molecule has 3 aromatic rings. The highest BCUT2D eigenvalue weighted by Crippen LogP contribution is 2.82. The van der Waals surface area contributed by atoms with Gasteiger partial charge in [0.25, 0.3) is 0 Å². The molecule has 7 heterocycles. The van der Waals surface area contributed by atoms with Crippen LogP contribution >= 0.6 is 30.2 Å². The number of nitrogens with one attached hydrogen (secondary N) is 2. The van der Waals surface area contributed by atoms with Gasteiger partial charge in [0.05, 0.1) is 0 Å². The Bertz CT molecular complexity index is 1830. The fourth-order valence-corrected chi connectivity index (χ4v) is 24.7. The Morgan fingerprint density at radius 2 is 1.09 bits per heavy atom. The molecule has 0 saturated carbocycles. The van der Waals surface area contributed by atoms with Crippen molar-refractivity contribution in [2.75, 3.05) is 39.3 Å². The summed E-state index contributed by atoms with van der Waals surface area (Å²) in [7, 11) is -11.8. The fourth-order valence-electron chi connectivity index (χ4n) is 7.17. The third-order valence-corrected chi connectivity index (χ3v) is 23.9. The van der Waals surface area contributed by atoms with Gasteiger partial charge in [0.2, 0.25) is 15.0 Å². The lowest BCUT2D eigenvalue weighted by Crippen LogP contribution is -2.31. The van der Waals surface area contributed by atoms with E-state index in [1.807, 2.05) is 12.1 Å². The summed E-state index contributed by atoms with van der Waals surface area (Å²) >= 11 is 0. The average Bonchev–Trinajstić information content (AvgIpc) is 3.63. The molecule has 2 fully saturated rings. The van der Waals surface area contributed by atoms with Crippen LogP contribution in [0.15, 0.2) is 90.9 Å². The van der Waals surface area contributed by atoms with Crippen LogP contribution in [0.4, 0.5) is 0 Å². The van der Waals surface area contributed by atoms with E-state index in [-0.39, 0.29) is 0 Å². The van der Waals surface area contributed by atoms with Crippen molar-refractivity contribution in [2.45, 2.75) is 40.0 Å². The highest BCUT2D eigenvalue weighted by molar-refractivity contribution is 7.82. The largest absolute Gasteiger partial charge is 0.430 e. The molecule has 7 aliphatic rings. The predicted octanol–water partition coefficient (Wildman–Crippen LogP) is 8.14. The fraction of sp³-hybridized carbons (Fsp3) is 0.400. The van der Waals surface area contributed by atoms with E-state index >= 15 is 0 Å². The molecule has 12 nitrogen and oxygen atoms in total. The van der Waals surface area contributed by atoms with E-state index in [0.717, 1.165) is 61.9 Å². The van der Waals surface area contributed by atoms with Gasteiger partial charge in [-0.05, 0) is 23.3 Å². The molecule has 10 rings (SSSR count). The van der Waals surface area contributed by atoms with E-state index < -0.39 is 30.2 Å². The topological polar surface area (TPSA) is 105 Å². The first-order chi connectivity index (χ1) is 22.5. The van der Waals surface area contributed by atoms with Crippen molar-refractivity contribution < 1.29 is 9.05 Å². The Balaban J connectivity index is 1.44. The standard InChI is InChI=1S/C30H40N10O2P4/c1-3-37-18-16-31-43(37)33-45-35-44(32-17-19-38(44)4-2)36-46(34-43)40(24-28-13-6-8-15-30(28)42-46)22-26-11-9-10-25(20-26)21-39(45)23-27-12-5-7-14-29(27)41-45/h5-15,20,31-32H,3-4,16-19,21-24H2,1-2H3. The quantitative estimate of drug-likeness (QED) is 0.259. The molecule has 16 heteroatoms. The highest BCUT2D eigenvalue weighted by Gasteiger charge is 2.52. The minimum Gasteiger partial charge on any atom is -0.430 e. The second-order valence-electron chi connectivity index (χ2n) is 12.3. The third kappa shape index (κ3) is 4.73. The molecule has 0 aromatic heterocycles. The zero-order valence-corrected chi connectivity index (χ0v) is 29.8. The summed E-state index contributed by atoms with van der Waals surface area (Å²) < 4.78 is 48.1. The van der Waals surface area contributed by atoms with Gasteiger partial charge in [-0.25, -0.2) is 18.7 Å². The number of fused-ring (bicyclic) bond motifs is 2. The van der Waals surface area contributed by atoms with Crippen LogP contribution in [0.5, 0.6) is 11.5 Å². The number of hydrogen-bond donors (Lipinski definition) is 2. The predicted molar refractivity (Wildman–Crippen MR) is 187 cm³/mol. The van der Waals surface area contributed by atoms with E-state index in [4.69, 9.17) is 27.1 Å². The lowest BCUT2D eigenvalue weighted by atomic mass is 10.1. The molecule has 4 spiro atoms. The Hall–Kier alpha value is -2.06. The average molecular weight is 697 g/mol. The van der Waals surface area contributed by atoms with Gasteiger partial charge >= 0.3 is 15.2 Å². The third-order valence-electron chi connectivity index (χ3n) is 9.42. The van der Waals surface area contributed by atoms with E-state index in [0.29, 0.717) is 26.2 Å². The number of likely N-dealkylation sites (N-methyl/N-ethyl adjacent to an activating group) is 2. The minimum absolute atomic E-state index is 0.667. The second kappa shape index (κ2) is 11.2. The summed E-state index contributed by atoms with van der Waals surface area (Å²) in [6.07, 6.45) is 0. The molecule has 4 atom stereocenters. The summed E-state index contributed by atoms with van der Waals surface area (Å²) in [5.41, 5.74) is 4.76. The highest BCUT2D eigenvalue weighted by atomic mass is 31.3. The Labute approximate surface area is 271 Å². The molecule has 2 N–H and O–H groups in total. The number of rotatable bonds is 2. The number of para-hydroxylation sites is 2. The van der Waals surface area contributed by atoms with Crippen molar-refractivity contribution >= 4 is 30.2 Å². The van der Waals surface area contributed by atoms with Gasteiger partial charge in [-0.1, -0.05) is 74.5 Å². The van der Waals surface area contributed by atoms with Crippen LogP contribution in [0.2, 0.25) is 0 Å². The van der Waals surface area contributed by atoms with E-state index in [2.05, 4.69) is 103 Å². The van der Waals surface area contributed by atoms with Gasteiger partial charge in [0, 0.05) is 76.6 Å². The minimum atomic E-state index is -3.10. The lowest BCUT2D eigenvalue weighted by Gasteiger charge is -2.45. The van der Waals surface area contributed by atoms with Crippen LogP contribution in [0, 0.1) is 0 Å². The Morgan fingerprint density at radius 1 is 0.609 bits per heavy atom. The molecule has 0 radical (unpaired) electrons. The molecule has 0 aliphatic carbocycles. The maximum Gasteiger partial charge on any atom is 0.334 e. The SMILES string of the molecule is CCN1CCNP12=NP13=NP4(=NP5(=N2)Oc2ccccc2CN5Cc2cccc(c2)CN1Cc1ccccc1O3)NCCN4CC. The molecule has 4 bridgehead atoms. The summed E-state index contributed by atoms with van der Waals surface area (Å²) in [6, 6.07) is 25.7. The number of nitrogens with zero attached hydrogens (tertiary/aromatic N) is 8. The van der Waals surface area contributed by atoms with Gasteiger partial charge in [-0.3, -0.25) is 10.2 Å². The maximum atomic E-state index is 7.28. The van der Waals surface area contributed by atoms with Crippen LogP contribution in [0.1, 0.15) is 36.1 Å². The lowest BCUT2D eigenvalue weighted by molar-refractivity contribution is 0.355. The van der Waals surface area contributed by atoms with Crippen molar-refractivity contribution in [1.82, 2.24) is 28.9 Å². The molecular weight excluding hydrogens is 656 g/mol. The van der Waals surface area contributed by atoms with Crippen molar-refractivity contribution in [1.29, 1.82) is 0 Å². The summed E-state index contributed by atoms with van der Waals surface area (Å²) in [4.78, 5) is 0. The van der Waals surface area contributed by atoms with Gasteiger partial charge < -0.3 is 9.05 Å². The van der Waals surface area contributed by atoms with Crippen LogP contribution < -0.4 is 19.2 Å². The number of hydrogen-bond acceptors (Lipinski definition) is 12. The molecule has 3 aromatic carbocycles. The Kier molecular flexibility index (Phi) is 7.34. The van der Waals surface area contributed by atoms with Crippen LogP contribution in [0.25, 0.3) is 0 Å². The molecule has 242 valence electrons. The van der Waals surface area contributed by atoms with E-state index in [1.165, 1.54) is 11.1 Å². The van der Waals surface area contributed by atoms with Gasteiger partial charge in [0.1, 0.15) is 11.5 Å². The summed E-state index contributed by atoms with van der Waals surface area (Å²) in [5, 5.41) is 7.75. The molecular formula is C30H40N10O2P4. The first-order valence-corrected chi connectivity index (χ1v) is 22.6. The first kappa shape index (κ1) is 30.0. The van der Waals surface area contributed by atoms with Gasteiger partial charge in [-0.2, -0.15) is 18.1 Å². The molecule has 7 aliphatic heterocycles. The maximum absolute atomic E-state index is 7.28. The summed E-state index contributed by atoms with van der Waals surface area (Å²) in [5.74, 6) is 1.71. The van der Waals surface area contributed by atoms with Gasteiger partial charge in [0.15, 0.2) is 0 Å². The monoisotopic (exact) mass is 696 g/mol. The summed E-state index contributed by atoms with van der Waals surface area (Å²) in [6.45, 7) is 12.0. The van der Waals surface area contributed by atoms with Crippen molar-refractivity contribution in [3.63, 3.8) is 0 Å². The molecule has 46 heavy (non-hydrogen) atoms.